The average molecular weight is 3240 g/mol. The first kappa shape index (κ1) is 115. The zero-order chi connectivity index (χ0) is 93.9. The van der Waals surface area contributed by atoms with Gasteiger partial charge in [0.05, 0.1) is 0 Å². The van der Waals surface area contributed by atoms with Crippen molar-refractivity contribution in [2.75, 3.05) is 55.9 Å². The van der Waals surface area contributed by atoms with Crippen molar-refractivity contribution in [3.05, 3.63) is 30.5 Å². The molecule has 20 saturated carbocycles. The molecular weight excluding hydrogens is 3080 g/mol. The van der Waals surface area contributed by atoms with Crippen LogP contribution in [0.25, 0.3) is 0 Å². The van der Waals surface area contributed by atoms with Gasteiger partial charge in [-0.15, -0.1) is 32.1 Å². The summed E-state index contributed by atoms with van der Waals surface area (Å²) in [4.78, 5) is 0. The van der Waals surface area contributed by atoms with Crippen molar-refractivity contribution in [1.82, 2.24) is 0 Å². The van der Waals surface area contributed by atoms with E-state index in [1.54, 1.807) is 42.7 Å². The van der Waals surface area contributed by atoms with Gasteiger partial charge in [0.1, 0.15) is 0 Å². The van der Waals surface area contributed by atoms with Crippen LogP contribution in [-0.4, -0.2) is 147 Å². The van der Waals surface area contributed by atoms with Gasteiger partial charge >= 0.3 is 25.9 Å². The van der Waals surface area contributed by atoms with Crippen molar-refractivity contribution in [2.45, 2.75) is 304 Å². The standard InChI is InChI=1S/5C15H20F3O.C6H16O2Si.C4H12O3Si.C4H12O2Si.C4H12OSi.C2H6.5Rf/c5*16-15(17,18)12(19)6-9-4-10-5-11(9)14-8-2-1-7(3-8)13(10)14;1-5-7-9(3,4)8-6-2;1-5-8(4,6-2)7-3;1-5-7(3,4)6-2;1-5-6(2,3)4;1-2;;;;;/h5*7-11,13-14,19H,1-6H2;5-6H2,1-4H3;1-4H3;1-4H3;1-4H3;1-2H3;;;;;/q5*-1;;;;;;;;;;. The molecule has 0 heterocycles. The maximum atomic E-state index is 12.5. The second-order valence-electron chi connectivity index (χ2n) is 44.3. The summed E-state index contributed by atoms with van der Waals surface area (Å²) in [6, 6.07) is 0. The van der Waals surface area contributed by atoms with Crippen molar-refractivity contribution in [3.63, 3.8) is 0 Å². The number of hydrogen-bond acceptors (Lipinski definition) is 13. The summed E-state index contributed by atoms with van der Waals surface area (Å²) in [7, 11) is 3.21. The molecule has 20 fully saturated rings. The van der Waals surface area contributed by atoms with Crippen LogP contribution in [-0.2, 0) is 35.4 Å². The van der Waals surface area contributed by atoms with Gasteiger partial charge in [0.15, 0.2) is 8.32 Å². The first-order chi connectivity index (χ1) is 59.2. The van der Waals surface area contributed by atoms with Gasteiger partial charge in [-0.3, -0.25) is 0 Å². The SMILES string of the molecule is CC.CCO[Si](C)(C)OCC.CO[Si](C)(C)C.CO[Si](C)(C)OC.CO[Si](C)(OC)OC.O[C-](CC1CC2CC1C1C3CCC(C3)C21)C(F)(F)F.O[C-](CC1CC2CC1C1C3CCC(C3)C21)C(F)(F)F.O[C-](CC1CC2CC1C1C3CCC(C3)C21)C(F)(F)F.O[C-](CC1CC2CC1C1C3CCC(C3)C21)C(F)(F)F.O[C-](CC1CC2CC1C1C3CCC(C3)C21)C(F)(F)F.[Rf].[Rf].[Rf].[Rf].[Rf]. The van der Waals surface area contributed by atoms with Crippen LogP contribution in [0.1, 0.15) is 220 Å². The summed E-state index contributed by atoms with van der Waals surface area (Å²) in [5.74, 6) is 22.1. The van der Waals surface area contributed by atoms with Crippen molar-refractivity contribution in [3.8, 4) is 0 Å². The number of hydrogen-bond donors (Lipinski definition) is 5. The third-order valence-electron chi connectivity index (χ3n) is 37.0. The minimum Gasteiger partial charge on any atom is -0.554 e. The first-order valence-corrected chi connectivity index (χ1v) is 60.2. The van der Waals surface area contributed by atoms with Gasteiger partial charge in [-0.05, 0) is 398 Å². The minimum absolute atomic E-state index is 0. The molecule has 20 bridgehead atoms. The fraction of sp³-hybridized carbons (Fsp3) is 0.947. The number of aliphatic hydroxyl groups excluding tert-OH is 5. The van der Waals surface area contributed by atoms with E-state index in [9.17, 15) is 91.4 Å². The molecule has 0 aliphatic heterocycles. The average Bonchev–Trinajstić information content (AvgIpc) is 1.58. The van der Waals surface area contributed by atoms with Gasteiger partial charge in [-0.25, -0.2) is 65.9 Å². The quantitative estimate of drug-likeness (QED) is 0.0337. The molecule has 0 aromatic heterocycles. The Bertz CT molecular complexity index is 2980. The molecule has 35 atom stereocenters. The Balaban J connectivity index is 0.000000233. The summed E-state index contributed by atoms with van der Waals surface area (Å²) >= 11 is 0. The summed E-state index contributed by atoms with van der Waals surface area (Å²) < 4.78 is 228. The molecule has 132 heavy (non-hydrogen) atoms. The van der Waals surface area contributed by atoms with Gasteiger partial charge in [0.25, 0.3) is 30.9 Å². The van der Waals surface area contributed by atoms with Crippen LogP contribution in [0.15, 0.2) is 0 Å². The van der Waals surface area contributed by atoms with Gasteiger partial charge in [-0.2, -0.15) is 0 Å². The summed E-state index contributed by atoms with van der Waals surface area (Å²) in [5.41, 5.74) is 0. The number of rotatable bonds is 20. The predicted molar refractivity (Wildman–Crippen MR) is 463 cm³/mol. The molecular formula is C95H158F15O13Rf5Si4-5. The number of halogens is 15. The van der Waals surface area contributed by atoms with E-state index in [1.807, 2.05) is 47.3 Å². The topological polar surface area (TPSA) is 175 Å². The van der Waals surface area contributed by atoms with Crippen molar-refractivity contribution in [1.29, 1.82) is 0 Å². The first-order valence-electron chi connectivity index (χ1n) is 48.9. The number of aliphatic hydroxyl groups is 5. The molecule has 35 unspecified atom stereocenters. The molecule has 0 radical (unpaired) electrons. The fourth-order valence-corrected chi connectivity index (χ4v) is 34.7. The second-order valence-corrected chi connectivity index (χ2v) is 58.9. The minimum atomic E-state index is -4.52. The van der Waals surface area contributed by atoms with E-state index >= 15 is 0 Å². The molecule has 13 nitrogen and oxygen atoms in total. The van der Waals surface area contributed by atoms with E-state index in [-0.39, 0.29) is 61.7 Å². The molecule has 37 heteroatoms. The smallest absolute Gasteiger partial charge is 0.496 e. The Labute approximate surface area is 754 Å². The summed E-state index contributed by atoms with van der Waals surface area (Å²) in [5, 5.41) is 46.2. The molecule has 0 saturated heterocycles. The monoisotopic (exact) mass is 3240 g/mol. The molecule has 0 aromatic carbocycles. The molecule has 20 aliphatic rings. The largest absolute Gasteiger partial charge is 0.554 e. The predicted octanol–water partition coefficient (Wildman–Crippen LogP) is 26.5. The molecule has 5 N–H and O–H groups in total. The van der Waals surface area contributed by atoms with Crippen LogP contribution in [0, 0.1) is 238 Å². The van der Waals surface area contributed by atoms with E-state index in [0.717, 1.165) is 166 Å². The Hall–Kier alpha value is -5.70. The normalized spacial score (nSPS) is 39.7. The number of alkyl halides is 15. The number of fused-ring (bicyclic) bond motifs is 45. The molecule has 20 aliphatic carbocycles. The van der Waals surface area contributed by atoms with Gasteiger partial charge in [-0.1, -0.05) is 74.0 Å². The third-order valence-corrected chi connectivity index (χ3v) is 44.3. The maximum absolute atomic E-state index is 12.5. The van der Waals surface area contributed by atoms with E-state index in [1.165, 1.54) is 96.3 Å². The second kappa shape index (κ2) is 44.6. The van der Waals surface area contributed by atoms with Crippen LogP contribution in [0.3, 0.4) is 0 Å². The summed E-state index contributed by atoms with van der Waals surface area (Å²) in [6.07, 6.45) is 0.830. The summed E-state index contributed by atoms with van der Waals surface area (Å²) in [6.45, 7) is 25.9. The van der Waals surface area contributed by atoms with Crippen LogP contribution in [0.2, 0.25) is 52.4 Å². The third kappa shape index (κ3) is 24.9. The van der Waals surface area contributed by atoms with Crippen LogP contribution in [0.4, 0.5) is 65.9 Å². The molecule has 0 aromatic rings. The van der Waals surface area contributed by atoms with Crippen LogP contribution < -0.4 is 0 Å². The Kier molecular flexibility index (Phi) is 38.9. The van der Waals surface area contributed by atoms with Crippen molar-refractivity contribution >= 4 is 34.2 Å². The van der Waals surface area contributed by atoms with Crippen molar-refractivity contribution < 1.29 is 127 Å². The van der Waals surface area contributed by atoms with E-state index in [4.69, 9.17) is 35.4 Å². The maximum Gasteiger partial charge on any atom is 0.496 e. The van der Waals surface area contributed by atoms with Gasteiger partial charge in [0.2, 0.25) is 0 Å². The van der Waals surface area contributed by atoms with Crippen LogP contribution in [0.5, 0.6) is 0 Å². The Morgan fingerprint density at radius 3 is 0.515 bits per heavy atom. The van der Waals surface area contributed by atoms with Gasteiger partial charge in [0, 0.05) is 62.4 Å². The van der Waals surface area contributed by atoms with Crippen molar-refractivity contribution in [2.24, 2.45) is 207 Å². The van der Waals surface area contributed by atoms with Gasteiger partial charge < -0.3 is 60.9 Å². The Morgan fingerprint density at radius 1 is 0.242 bits per heavy atom. The zero-order valence-electron chi connectivity index (χ0n) is 82.5. The molecule has 20 rings (SSSR count). The molecule has 0 spiro atoms. The van der Waals surface area contributed by atoms with E-state index < -0.39 is 95.6 Å². The van der Waals surface area contributed by atoms with E-state index in [0.29, 0.717) is 88.8 Å². The van der Waals surface area contributed by atoms with E-state index in [2.05, 4.69) is 32.7 Å². The fourth-order valence-electron chi connectivity index (χ4n) is 32.6. The Morgan fingerprint density at radius 2 is 0.402 bits per heavy atom. The van der Waals surface area contributed by atoms with Crippen LogP contribution >= 0.6 is 0 Å². The molecule has 0 amide bonds. The zero-order valence-corrected chi connectivity index (χ0v) is 119. The molecule has 752 valence electrons.